The van der Waals surface area contributed by atoms with Crippen molar-refractivity contribution in [3.63, 3.8) is 0 Å². The van der Waals surface area contributed by atoms with Gasteiger partial charge < -0.3 is 13.9 Å². The van der Waals surface area contributed by atoms with Gasteiger partial charge in [0, 0.05) is 13.6 Å². The second-order valence-corrected chi connectivity index (χ2v) is 6.62. The van der Waals surface area contributed by atoms with Crippen LogP contribution in [0.25, 0.3) is 11.0 Å². The summed E-state index contributed by atoms with van der Waals surface area (Å²) < 4.78 is 7.67. The van der Waals surface area contributed by atoms with E-state index < -0.39 is 0 Å². The number of nitrogens with zero attached hydrogens (tertiary/aromatic N) is 3. The van der Waals surface area contributed by atoms with Crippen LogP contribution >= 0.6 is 11.8 Å². The lowest BCUT2D eigenvalue weighted by Gasteiger charge is -2.15. The zero-order chi connectivity index (χ0) is 17.1. The van der Waals surface area contributed by atoms with Crippen LogP contribution in [0.5, 0.6) is 0 Å². The van der Waals surface area contributed by atoms with Gasteiger partial charge in [-0.05, 0) is 38.1 Å². The van der Waals surface area contributed by atoms with Gasteiger partial charge in [-0.3, -0.25) is 4.79 Å². The predicted molar refractivity (Wildman–Crippen MR) is 96.1 cm³/mol. The summed E-state index contributed by atoms with van der Waals surface area (Å²) in [7, 11) is 1.80. The van der Waals surface area contributed by atoms with Crippen LogP contribution in [0.3, 0.4) is 0 Å². The van der Waals surface area contributed by atoms with Gasteiger partial charge in [0.05, 0.1) is 23.3 Å². The number of fused-ring (bicyclic) bond motifs is 1. The van der Waals surface area contributed by atoms with Crippen LogP contribution in [0.4, 0.5) is 0 Å². The SMILES string of the molecule is CCn1c(SCC(=O)N(C)Cc2ccc(C)o2)nc2ccccc21. The highest BCUT2D eigenvalue weighted by Crippen LogP contribution is 2.24. The third-order valence-corrected chi connectivity index (χ3v) is 4.84. The van der Waals surface area contributed by atoms with Crippen molar-refractivity contribution in [2.24, 2.45) is 0 Å². The summed E-state index contributed by atoms with van der Waals surface area (Å²) in [6, 6.07) is 11.9. The number of amides is 1. The molecule has 0 spiro atoms. The van der Waals surface area contributed by atoms with E-state index in [2.05, 4.69) is 22.5 Å². The predicted octanol–water partition coefficient (Wildman–Crippen LogP) is 3.71. The van der Waals surface area contributed by atoms with E-state index >= 15 is 0 Å². The van der Waals surface area contributed by atoms with E-state index in [1.165, 1.54) is 11.8 Å². The Hall–Kier alpha value is -2.21. The first-order valence-corrected chi connectivity index (χ1v) is 8.94. The first-order chi connectivity index (χ1) is 11.6. The first kappa shape index (κ1) is 16.6. The average molecular weight is 343 g/mol. The minimum atomic E-state index is 0.0590. The van der Waals surface area contributed by atoms with Gasteiger partial charge in [0.2, 0.25) is 5.91 Å². The molecule has 3 aromatic rings. The molecule has 5 nitrogen and oxygen atoms in total. The Kier molecular flexibility index (Phi) is 4.94. The standard InChI is InChI=1S/C18H21N3O2S/c1-4-21-16-8-6-5-7-15(16)19-18(21)24-12-17(22)20(3)11-14-10-9-13(2)23-14/h5-10H,4,11-12H2,1-3H3. The largest absolute Gasteiger partial charge is 0.464 e. The summed E-state index contributed by atoms with van der Waals surface area (Å²) in [5, 5.41) is 0.884. The summed E-state index contributed by atoms with van der Waals surface area (Å²) in [6.07, 6.45) is 0. The van der Waals surface area contributed by atoms with Gasteiger partial charge in [-0.15, -0.1) is 0 Å². The van der Waals surface area contributed by atoms with Crippen LogP contribution in [-0.2, 0) is 17.9 Å². The van der Waals surface area contributed by atoms with Crippen molar-refractivity contribution in [3.05, 3.63) is 47.9 Å². The fourth-order valence-corrected chi connectivity index (χ4v) is 3.62. The Morgan fingerprint density at radius 2 is 2.08 bits per heavy atom. The van der Waals surface area contributed by atoms with Crippen LogP contribution < -0.4 is 0 Å². The molecule has 2 aromatic heterocycles. The number of aromatic nitrogens is 2. The van der Waals surface area contributed by atoms with E-state index in [4.69, 9.17) is 4.42 Å². The molecule has 0 atom stereocenters. The number of rotatable bonds is 6. The van der Waals surface area contributed by atoms with Crippen molar-refractivity contribution in [1.82, 2.24) is 14.5 Å². The maximum absolute atomic E-state index is 12.4. The fourth-order valence-electron chi connectivity index (χ4n) is 2.60. The summed E-state index contributed by atoms with van der Waals surface area (Å²) in [5.74, 6) is 2.08. The molecule has 1 amide bonds. The number of imidazole rings is 1. The molecule has 0 fully saturated rings. The van der Waals surface area contributed by atoms with Gasteiger partial charge in [0.15, 0.2) is 5.16 Å². The maximum Gasteiger partial charge on any atom is 0.233 e. The lowest BCUT2D eigenvalue weighted by atomic mass is 10.3. The number of para-hydroxylation sites is 2. The van der Waals surface area contributed by atoms with Crippen molar-refractivity contribution in [3.8, 4) is 0 Å². The monoisotopic (exact) mass is 343 g/mol. The molecule has 24 heavy (non-hydrogen) atoms. The normalized spacial score (nSPS) is 11.1. The Morgan fingerprint density at radius 1 is 1.29 bits per heavy atom. The molecule has 0 saturated heterocycles. The number of furan rings is 1. The number of carbonyl (C=O) groups excluding carboxylic acids is 1. The van der Waals surface area contributed by atoms with Crippen LogP contribution in [0.1, 0.15) is 18.4 Å². The molecule has 0 saturated carbocycles. The summed E-state index contributed by atoms with van der Waals surface area (Å²) in [5.41, 5.74) is 2.07. The number of hydrogen-bond acceptors (Lipinski definition) is 4. The molecule has 6 heteroatoms. The maximum atomic E-state index is 12.4. The zero-order valence-corrected chi connectivity index (χ0v) is 15.0. The van der Waals surface area contributed by atoms with Crippen molar-refractivity contribution in [2.75, 3.05) is 12.8 Å². The number of benzene rings is 1. The minimum Gasteiger partial charge on any atom is -0.464 e. The van der Waals surface area contributed by atoms with E-state index in [1.54, 1.807) is 11.9 Å². The van der Waals surface area contributed by atoms with E-state index in [1.807, 2.05) is 37.3 Å². The van der Waals surface area contributed by atoms with Crippen LogP contribution in [0, 0.1) is 6.92 Å². The Labute approximate surface area is 145 Å². The van der Waals surface area contributed by atoms with Gasteiger partial charge in [0.25, 0.3) is 0 Å². The van der Waals surface area contributed by atoms with Crippen molar-refractivity contribution >= 4 is 28.7 Å². The summed E-state index contributed by atoms with van der Waals surface area (Å²) in [4.78, 5) is 18.7. The second-order valence-electron chi connectivity index (χ2n) is 5.68. The summed E-state index contributed by atoms with van der Waals surface area (Å²) >= 11 is 1.48. The Morgan fingerprint density at radius 3 is 2.79 bits per heavy atom. The number of hydrogen-bond donors (Lipinski definition) is 0. The highest BCUT2D eigenvalue weighted by Gasteiger charge is 2.15. The smallest absolute Gasteiger partial charge is 0.233 e. The summed E-state index contributed by atoms with van der Waals surface area (Å²) in [6.45, 7) is 5.30. The molecule has 2 heterocycles. The first-order valence-electron chi connectivity index (χ1n) is 7.96. The van der Waals surface area contributed by atoms with E-state index in [9.17, 15) is 4.79 Å². The lowest BCUT2D eigenvalue weighted by molar-refractivity contribution is -0.127. The van der Waals surface area contributed by atoms with E-state index in [-0.39, 0.29) is 5.91 Å². The lowest BCUT2D eigenvalue weighted by Crippen LogP contribution is -2.27. The minimum absolute atomic E-state index is 0.0590. The van der Waals surface area contributed by atoms with Crippen LogP contribution in [-0.4, -0.2) is 33.2 Å². The molecule has 3 rings (SSSR count). The average Bonchev–Trinajstić information content (AvgIpc) is 3.15. The molecule has 0 aliphatic carbocycles. The third kappa shape index (κ3) is 3.48. The number of carbonyl (C=O) groups is 1. The van der Waals surface area contributed by atoms with Crippen molar-refractivity contribution in [2.45, 2.75) is 32.1 Å². The Bertz CT molecular complexity index is 853. The van der Waals surface area contributed by atoms with Gasteiger partial charge in [-0.2, -0.15) is 0 Å². The van der Waals surface area contributed by atoms with Crippen molar-refractivity contribution < 1.29 is 9.21 Å². The fraction of sp³-hybridized carbons (Fsp3) is 0.333. The van der Waals surface area contributed by atoms with Gasteiger partial charge >= 0.3 is 0 Å². The molecule has 0 radical (unpaired) electrons. The van der Waals surface area contributed by atoms with E-state index in [0.29, 0.717) is 12.3 Å². The highest BCUT2D eigenvalue weighted by molar-refractivity contribution is 7.99. The molecular weight excluding hydrogens is 322 g/mol. The number of thioether (sulfide) groups is 1. The third-order valence-electron chi connectivity index (χ3n) is 3.88. The second kappa shape index (κ2) is 7.13. The van der Waals surface area contributed by atoms with Crippen LogP contribution in [0.2, 0.25) is 0 Å². The molecule has 0 aliphatic heterocycles. The number of aryl methyl sites for hydroxylation is 2. The molecule has 0 bridgehead atoms. The molecule has 0 N–H and O–H groups in total. The highest BCUT2D eigenvalue weighted by atomic mass is 32.2. The van der Waals surface area contributed by atoms with Gasteiger partial charge in [-0.25, -0.2) is 4.98 Å². The molecular formula is C18H21N3O2S. The Balaban J connectivity index is 1.65. The topological polar surface area (TPSA) is 51.3 Å². The van der Waals surface area contributed by atoms with E-state index in [0.717, 1.165) is 34.3 Å². The molecule has 0 unspecified atom stereocenters. The van der Waals surface area contributed by atoms with Crippen LogP contribution in [0.15, 0.2) is 46.0 Å². The van der Waals surface area contributed by atoms with Gasteiger partial charge in [-0.1, -0.05) is 23.9 Å². The zero-order valence-electron chi connectivity index (χ0n) is 14.2. The molecule has 1 aromatic carbocycles. The molecule has 0 aliphatic rings. The van der Waals surface area contributed by atoms with Crippen molar-refractivity contribution in [1.29, 1.82) is 0 Å². The molecule has 126 valence electrons. The van der Waals surface area contributed by atoms with Gasteiger partial charge in [0.1, 0.15) is 11.5 Å². The quantitative estimate of drug-likeness (QED) is 0.640.